The summed E-state index contributed by atoms with van der Waals surface area (Å²) in [5.74, 6) is -1.27. The van der Waals surface area contributed by atoms with Crippen LogP contribution in [0, 0.1) is 11.8 Å². The standard InChI is InChI=1S/C17H20BrNO3/c1-11(2)22-17(21)13-8-4-3-7-12(13)16(20)19-15-10-6-5-9-14(15)18/h3-6,9-13H,7-8H2,1-2H3,(H,19,20). The molecule has 0 bridgehead atoms. The van der Waals surface area contributed by atoms with Crippen molar-refractivity contribution in [3.8, 4) is 0 Å². The fourth-order valence-electron chi connectivity index (χ4n) is 2.47. The zero-order chi connectivity index (χ0) is 16.1. The van der Waals surface area contributed by atoms with Gasteiger partial charge in [0.25, 0.3) is 0 Å². The maximum absolute atomic E-state index is 12.5. The van der Waals surface area contributed by atoms with Crippen LogP contribution in [-0.4, -0.2) is 18.0 Å². The molecule has 0 fully saturated rings. The van der Waals surface area contributed by atoms with Gasteiger partial charge in [0.1, 0.15) is 0 Å². The molecule has 0 spiro atoms. The van der Waals surface area contributed by atoms with Crippen molar-refractivity contribution in [3.63, 3.8) is 0 Å². The number of benzene rings is 1. The molecule has 5 heteroatoms. The summed E-state index contributed by atoms with van der Waals surface area (Å²) in [6, 6.07) is 7.42. The highest BCUT2D eigenvalue weighted by molar-refractivity contribution is 9.10. The minimum absolute atomic E-state index is 0.151. The van der Waals surface area contributed by atoms with E-state index < -0.39 is 11.8 Å². The van der Waals surface area contributed by atoms with Crippen molar-refractivity contribution in [2.24, 2.45) is 11.8 Å². The van der Waals surface area contributed by atoms with Crippen molar-refractivity contribution in [1.82, 2.24) is 0 Å². The summed E-state index contributed by atoms with van der Waals surface area (Å²) in [6.45, 7) is 3.62. The highest BCUT2D eigenvalue weighted by atomic mass is 79.9. The molecule has 0 radical (unpaired) electrons. The highest BCUT2D eigenvalue weighted by Crippen LogP contribution is 2.30. The van der Waals surface area contributed by atoms with Gasteiger partial charge in [0, 0.05) is 4.47 Å². The fraction of sp³-hybridized carbons (Fsp3) is 0.412. The summed E-state index contributed by atoms with van der Waals surface area (Å²) in [6.07, 6.45) is 4.80. The van der Waals surface area contributed by atoms with Crippen molar-refractivity contribution < 1.29 is 14.3 Å². The topological polar surface area (TPSA) is 55.4 Å². The Morgan fingerprint density at radius 2 is 1.82 bits per heavy atom. The predicted octanol–water partition coefficient (Wildman–Crippen LogP) is 3.92. The molecule has 1 aliphatic carbocycles. The molecule has 0 aliphatic heterocycles. The van der Waals surface area contributed by atoms with Gasteiger partial charge in [0.15, 0.2) is 0 Å². The Morgan fingerprint density at radius 1 is 1.18 bits per heavy atom. The van der Waals surface area contributed by atoms with Gasteiger partial charge in [0.05, 0.1) is 23.6 Å². The second-order valence-electron chi connectivity index (χ2n) is 5.61. The van der Waals surface area contributed by atoms with Gasteiger partial charge in [-0.25, -0.2) is 0 Å². The maximum Gasteiger partial charge on any atom is 0.310 e. The van der Waals surface area contributed by atoms with E-state index in [1.54, 1.807) is 0 Å². The molecular formula is C17H20BrNO3. The number of halogens is 1. The average molecular weight is 366 g/mol. The number of ether oxygens (including phenoxy) is 1. The Bertz CT molecular complexity index is 583. The van der Waals surface area contributed by atoms with Crippen molar-refractivity contribution in [2.75, 3.05) is 5.32 Å². The normalized spacial score (nSPS) is 20.7. The Labute approximate surface area is 139 Å². The lowest BCUT2D eigenvalue weighted by Gasteiger charge is -2.26. The Balaban J connectivity index is 2.10. The quantitative estimate of drug-likeness (QED) is 0.649. The number of nitrogens with one attached hydrogen (secondary N) is 1. The van der Waals surface area contributed by atoms with E-state index in [4.69, 9.17) is 4.74 Å². The first-order valence-electron chi connectivity index (χ1n) is 7.40. The minimum Gasteiger partial charge on any atom is -0.463 e. The average Bonchev–Trinajstić information content (AvgIpc) is 2.49. The van der Waals surface area contributed by atoms with E-state index in [1.807, 2.05) is 50.3 Å². The van der Waals surface area contributed by atoms with E-state index >= 15 is 0 Å². The van der Waals surface area contributed by atoms with Gasteiger partial charge < -0.3 is 10.1 Å². The number of carbonyl (C=O) groups is 2. The van der Waals surface area contributed by atoms with Crippen molar-refractivity contribution in [1.29, 1.82) is 0 Å². The first-order chi connectivity index (χ1) is 10.5. The van der Waals surface area contributed by atoms with Gasteiger partial charge >= 0.3 is 5.97 Å². The van der Waals surface area contributed by atoms with Crippen LogP contribution in [0.3, 0.4) is 0 Å². The summed E-state index contributed by atoms with van der Waals surface area (Å²) in [4.78, 5) is 24.7. The van der Waals surface area contributed by atoms with Crippen LogP contribution < -0.4 is 5.32 Å². The second kappa shape index (κ2) is 7.58. The van der Waals surface area contributed by atoms with Crippen LogP contribution in [0.5, 0.6) is 0 Å². The van der Waals surface area contributed by atoms with Crippen LogP contribution in [0.2, 0.25) is 0 Å². The Morgan fingerprint density at radius 3 is 2.45 bits per heavy atom. The number of anilines is 1. The fourth-order valence-corrected chi connectivity index (χ4v) is 2.86. The van der Waals surface area contributed by atoms with E-state index in [2.05, 4.69) is 21.2 Å². The van der Waals surface area contributed by atoms with E-state index in [0.29, 0.717) is 18.5 Å². The number of amides is 1. The third kappa shape index (κ3) is 4.19. The molecule has 1 aliphatic rings. The number of allylic oxidation sites excluding steroid dienone is 2. The van der Waals surface area contributed by atoms with Crippen molar-refractivity contribution >= 4 is 33.5 Å². The van der Waals surface area contributed by atoms with Gasteiger partial charge in [-0.05, 0) is 54.8 Å². The summed E-state index contributed by atoms with van der Waals surface area (Å²) >= 11 is 3.41. The third-order valence-corrected chi connectivity index (χ3v) is 4.25. The molecule has 2 unspecified atom stereocenters. The second-order valence-corrected chi connectivity index (χ2v) is 6.46. The number of carbonyl (C=O) groups excluding carboxylic acids is 2. The van der Waals surface area contributed by atoms with Gasteiger partial charge in [-0.15, -0.1) is 0 Å². The molecule has 0 heterocycles. The SMILES string of the molecule is CC(C)OC(=O)C1CC=CCC1C(=O)Nc1ccccc1Br. The maximum atomic E-state index is 12.5. The summed E-state index contributed by atoms with van der Waals surface area (Å²) in [5.41, 5.74) is 0.707. The molecule has 22 heavy (non-hydrogen) atoms. The van der Waals surface area contributed by atoms with Gasteiger partial charge in [-0.1, -0.05) is 24.3 Å². The molecule has 4 nitrogen and oxygen atoms in total. The Kier molecular flexibility index (Phi) is 5.77. The Hall–Kier alpha value is -1.62. The molecule has 1 aromatic carbocycles. The smallest absolute Gasteiger partial charge is 0.310 e. The predicted molar refractivity (Wildman–Crippen MR) is 89.4 cm³/mol. The molecule has 118 valence electrons. The zero-order valence-corrected chi connectivity index (χ0v) is 14.3. The lowest BCUT2D eigenvalue weighted by Crippen LogP contribution is -2.36. The first kappa shape index (κ1) is 16.7. The number of hydrogen-bond donors (Lipinski definition) is 1. The lowest BCUT2D eigenvalue weighted by molar-refractivity contribution is -0.156. The number of hydrogen-bond acceptors (Lipinski definition) is 3. The van der Waals surface area contributed by atoms with Crippen LogP contribution in [0.15, 0.2) is 40.9 Å². The van der Waals surface area contributed by atoms with Crippen molar-refractivity contribution in [2.45, 2.75) is 32.8 Å². The molecule has 1 amide bonds. The zero-order valence-electron chi connectivity index (χ0n) is 12.7. The molecule has 0 saturated heterocycles. The minimum atomic E-state index is -0.421. The molecule has 1 aromatic rings. The van der Waals surface area contributed by atoms with Gasteiger partial charge in [-0.2, -0.15) is 0 Å². The summed E-state index contributed by atoms with van der Waals surface area (Å²) < 4.78 is 6.10. The molecule has 2 atom stereocenters. The largest absolute Gasteiger partial charge is 0.463 e. The third-order valence-electron chi connectivity index (χ3n) is 3.56. The van der Waals surface area contributed by atoms with Crippen LogP contribution in [-0.2, 0) is 14.3 Å². The number of rotatable bonds is 4. The summed E-state index contributed by atoms with van der Waals surface area (Å²) in [7, 11) is 0. The number of esters is 1. The van der Waals surface area contributed by atoms with Crippen LogP contribution in [0.25, 0.3) is 0 Å². The van der Waals surface area contributed by atoms with Crippen LogP contribution >= 0.6 is 15.9 Å². The molecule has 0 saturated carbocycles. The van der Waals surface area contributed by atoms with E-state index in [1.165, 1.54) is 0 Å². The van der Waals surface area contributed by atoms with Crippen molar-refractivity contribution in [3.05, 3.63) is 40.9 Å². The monoisotopic (exact) mass is 365 g/mol. The molecule has 0 aromatic heterocycles. The van der Waals surface area contributed by atoms with Crippen LogP contribution in [0.1, 0.15) is 26.7 Å². The molecule has 1 N–H and O–H groups in total. The molecule has 2 rings (SSSR count). The number of para-hydroxylation sites is 1. The molecular weight excluding hydrogens is 346 g/mol. The van der Waals surface area contributed by atoms with Crippen LogP contribution in [0.4, 0.5) is 5.69 Å². The van der Waals surface area contributed by atoms with E-state index in [-0.39, 0.29) is 18.0 Å². The van der Waals surface area contributed by atoms with E-state index in [9.17, 15) is 9.59 Å². The van der Waals surface area contributed by atoms with Gasteiger partial charge in [0.2, 0.25) is 5.91 Å². The highest BCUT2D eigenvalue weighted by Gasteiger charge is 2.35. The van der Waals surface area contributed by atoms with Gasteiger partial charge in [-0.3, -0.25) is 9.59 Å². The first-order valence-corrected chi connectivity index (χ1v) is 8.19. The lowest BCUT2D eigenvalue weighted by atomic mass is 9.82. The summed E-state index contributed by atoms with van der Waals surface area (Å²) in [5, 5.41) is 2.89. The van der Waals surface area contributed by atoms with E-state index in [0.717, 1.165) is 4.47 Å².